The molecule has 10 heteroatoms. The molecule has 3 aromatic heterocycles. The molecule has 0 atom stereocenters. The molecule has 0 fully saturated rings. The lowest BCUT2D eigenvalue weighted by Gasteiger charge is -2.07. The van der Waals surface area contributed by atoms with Crippen LogP contribution in [0.3, 0.4) is 0 Å². The van der Waals surface area contributed by atoms with Gasteiger partial charge in [-0.2, -0.15) is 5.10 Å². The number of benzene rings is 1. The van der Waals surface area contributed by atoms with E-state index in [-0.39, 0.29) is 5.82 Å². The Morgan fingerprint density at radius 3 is 2.54 bits per heavy atom. The first kappa shape index (κ1) is 17.9. The molecular formula is C18H12F2N6OS. The topological polar surface area (TPSA) is 85.6 Å². The molecule has 7 nitrogen and oxygen atoms in total. The highest BCUT2D eigenvalue weighted by Crippen LogP contribution is 2.25. The maximum absolute atomic E-state index is 13.7. The van der Waals surface area contributed by atoms with Gasteiger partial charge in [0, 0.05) is 18.6 Å². The van der Waals surface area contributed by atoms with E-state index in [0.717, 1.165) is 17.1 Å². The molecule has 4 rings (SSSR count). The van der Waals surface area contributed by atoms with Gasteiger partial charge in [0.05, 0.1) is 18.1 Å². The van der Waals surface area contributed by atoms with Crippen LogP contribution in [0.15, 0.2) is 48.2 Å². The fraction of sp³-hybridized carbons (Fsp3) is 0.0556. The van der Waals surface area contributed by atoms with Crippen molar-refractivity contribution in [1.29, 1.82) is 0 Å². The van der Waals surface area contributed by atoms with E-state index in [9.17, 15) is 13.6 Å². The molecule has 1 amide bonds. The molecule has 3 heterocycles. The number of nitrogens with zero attached hydrogens (tertiary/aromatic N) is 5. The van der Waals surface area contributed by atoms with Gasteiger partial charge in [0.15, 0.2) is 5.82 Å². The number of anilines is 1. The highest BCUT2D eigenvalue weighted by atomic mass is 32.1. The summed E-state index contributed by atoms with van der Waals surface area (Å²) < 4.78 is 29.0. The predicted octanol–water partition coefficient (Wildman–Crippen LogP) is 3.53. The van der Waals surface area contributed by atoms with Crippen LogP contribution < -0.4 is 5.32 Å². The largest absolute Gasteiger partial charge is 0.305 e. The lowest BCUT2D eigenvalue weighted by molar-refractivity contribution is 0.101. The van der Waals surface area contributed by atoms with Crippen molar-refractivity contribution in [2.24, 2.45) is 7.05 Å². The number of nitrogens with one attached hydrogen (secondary N) is 1. The number of thiazole rings is 1. The Bertz CT molecular complexity index is 1120. The van der Waals surface area contributed by atoms with Crippen LogP contribution >= 0.6 is 11.3 Å². The number of carbonyl (C=O) groups excluding carboxylic acids is 1. The van der Waals surface area contributed by atoms with Crippen molar-refractivity contribution in [3.63, 3.8) is 0 Å². The van der Waals surface area contributed by atoms with E-state index in [2.05, 4.69) is 25.4 Å². The summed E-state index contributed by atoms with van der Waals surface area (Å²) in [6.45, 7) is 0. The van der Waals surface area contributed by atoms with Crippen LogP contribution in [-0.2, 0) is 7.05 Å². The van der Waals surface area contributed by atoms with Crippen LogP contribution in [0.2, 0.25) is 0 Å². The number of halogens is 2. The summed E-state index contributed by atoms with van der Waals surface area (Å²) in [7, 11) is 1.77. The van der Waals surface area contributed by atoms with Crippen LogP contribution in [0.25, 0.3) is 22.1 Å². The zero-order valence-corrected chi connectivity index (χ0v) is 15.2. The minimum absolute atomic E-state index is 0.0683. The summed E-state index contributed by atoms with van der Waals surface area (Å²) in [6.07, 6.45) is 4.45. The predicted molar refractivity (Wildman–Crippen MR) is 99.7 cm³/mol. The van der Waals surface area contributed by atoms with Crippen LogP contribution in [0.1, 0.15) is 10.4 Å². The highest BCUT2D eigenvalue weighted by molar-refractivity contribution is 7.13. The molecule has 140 valence electrons. The zero-order valence-electron chi connectivity index (χ0n) is 14.4. The van der Waals surface area contributed by atoms with Gasteiger partial charge in [0.25, 0.3) is 5.91 Å². The number of hydrogen-bond acceptors (Lipinski definition) is 6. The van der Waals surface area contributed by atoms with Crippen molar-refractivity contribution < 1.29 is 13.6 Å². The second-order valence-corrected chi connectivity index (χ2v) is 6.61. The monoisotopic (exact) mass is 398 g/mol. The lowest BCUT2D eigenvalue weighted by atomic mass is 10.2. The Hall–Kier alpha value is -3.53. The van der Waals surface area contributed by atoms with Gasteiger partial charge < -0.3 is 5.32 Å². The smallest absolute Gasteiger partial charge is 0.262 e. The summed E-state index contributed by atoms with van der Waals surface area (Å²) in [5, 5.41) is 9.38. The fourth-order valence-electron chi connectivity index (χ4n) is 2.58. The molecular weight excluding hydrogens is 386 g/mol. The van der Waals surface area contributed by atoms with E-state index in [1.165, 1.54) is 29.8 Å². The molecule has 1 aromatic carbocycles. The number of carbonyl (C=O) groups is 1. The lowest BCUT2D eigenvalue weighted by Crippen LogP contribution is -2.16. The maximum atomic E-state index is 13.7. The molecule has 1 N–H and O–H groups in total. The van der Waals surface area contributed by atoms with Gasteiger partial charge in [0.2, 0.25) is 0 Å². The van der Waals surface area contributed by atoms with E-state index in [4.69, 9.17) is 0 Å². The number of amides is 1. The van der Waals surface area contributed by atoms with Gasteiger partial charge in [-0.25, -0.2) is 23.7 Å². The Morgan fingerprint density at radius 2 is 1.89 bits per heavy atom. The van der Waals surface area contributed by atoms with E-state index >= 15 is 0 Å². The second-order valence-electron chi connectivity index (χ2n) is 5.71. The van der Waals surface area contributed by atoms with Crippen molar-refractivity contribution in [2.45, 2.75) is 0 Å². The molecule has 0 saturated carbocycles. The average Bonchev–Trinajstić information content (AvgIpc) is 3.32. The minimum Gasteiger partial charge on any atom is -0.305 e. The van der Waals surface area contributed by atoms with Gasteiger partial charge >= 0.3 is 0 Å². The second kappa shape index (κ2) is 7.24. The number of aromatic nitrogens is 5. The average molecular weight is 398 g/mol. The molecule has 0 aliphatic carbocycles. The van der Waals surface area contributed by atoms with Crippen LogP contribution in [0.4, 0.5) is 14.6 Å². The van der Waals surface area contributed by atoms with Crippen molar-refractivity contribution >= 4 is 23.1 Å². The number of aryl methyl sites for hydroxylation is 1. The van der Waals surface area contributed by atoms with Crippen LogP contribution in [-0.4, -0.2) is 30.6 Å². The van der Waals surface area contributed by atoms with Crippen molar-refractivity contribution in [2.75, 3.05) is 5.32 Å². The SMILES string of the molecule is Cn1nc(-c2nccs2)cc1-c1cnc(NC(=O)c2c(F)cccc2F)cn1. The molecule has 0 saturated heterocycles. The number of hydrogen-bond donors (Lipinski definition) is 1. The molecule has 4 aromatic rings. The first-order valence-corrected chi connectivity index (χ1v) is 8.92. The summed E-state index contributed by atoms with van der Waals surface area (Å²) in [5.41, 5.74) is 1.26. The van der Waals surface area contributed by atoms with E-state index in [0.29, 0.717) is 17.1 Å². The summed E-state index contributed by atoms with van der Waals surface area (Å²) in [6, 6.07) is 5.03. The van der Waals surface area contributed by atoms with Gasteiger partial charge in [-0.1, -0.05) is 6.07 Å². The first-order chi connectivity index (χ1) is 13.5. The normalized spacial score (nSPS) is 10.8. The van der Waals surface area contributed by atoms with Gasteiger partial charge in [0.1, 0.15) is 33.6 Å². The zero-order chi connectivity index (χ0) is 19.7. The van der Waals surface area contributed by atoms with E-state index in [1.54, 1.807) is 17.9 Å². The third-order valence-corrected chi connectivity index (χ3v) is 4.67. The summed E-state index contributed by atoms with van der Waals surface area (Å²) >= 11 is 1.47. The molecule has 0 radical (unpaired) electrons. The minimum atomic E-state index is -0.952. The third kappa shape index (κ3) is 3.37. The van der Waals surface area contributed by atoms with Gasteiger partial charge in [-0.05, 0) is 18.2 Å². The molecule has 0 bridgehead atoms. The first-order valence-electron chi connectivity index (χ1n) is 8.04. The summed E-state index contributed by atoms with van der Waals surface area (Å²) in [5.74, 6) is -2.78. The third-order valence-electron chi connectivity index (χ3n) is 3.88. The number of rotatable bonds is 4. The molecule has 0 unspecified atom stereocenters. The van der Waals surface area contributed by atoms with Crippen molar-refractivity contribution in [1.82, 2.24) is 24.7 Å². The van der Waals surface area contributed by atoms with E-state index in [1.807, 2.05) is 11.4 Å². The van der Waals surface area contributed by atoms with Gasteiger partial charge in [-0.3, -0.25) is 9.48 Å². The molecule has 28 heavy (non-hydrogen) atoms. The maximum Gasteiger partial charge on any atom is 0.262 e. The molecule has 0 spiro atoms. The van der Waals surface area contributed by atoms with Crippen molar-refractivity contribution in [3.05, 3.63) is 65.4 Å². The Morgan fingerprint density at radius 1 is 1.11 bits per heavy atom. The Kier molecular flexibility index (Phi) is 4.62. The van der Waals surface area contributed by atoms with Crippen molar-refractivity contribution in [3.8, 4) is 22.1 Å². The highest BCUT2D eigenvalue weighted by Gasteiger charge is 2.18. The molecule has 0 aliphatic heterocycles. The fourth-order valence-corrected chi connectivity index (χ4v) is 3.17. The van der Waals surface area contributed by atoms with Gasteiger partial charge in [-0.15, -0.1) is 11.3 Å². The Balaban J connectivity index is 1.56. The molecule has 0 aliphatic rings. The quantitative estimate of drug-likeness (QED) is 0.568. The van der Waals surface area contributed by atoms with Crippen LogP contribution in [0, 0.1) is 11.6 Å². The van der Waals surface area contributed by atoms with E-state index < -0.39 is 23.1 Å². The summed E-state index contributed by atoms with van der Waals surface area (Å²) in [4.78, 5) is 24.7. The van der Waals surface area contributed by atoms with Crippen LogP contribution in [0.5, 0.6) is 0 Å². The standard InChI is InChI=1S/C18H12F2N6OS/c1-26-14(7-12(25-26)18-21-5-6-28-18)13-8-23-15(9-22-13)24-17(27)16-10(19)3-2-4-11(16)20/h2-9H,1H3,(H,23,24,27). The Labute approximate surface area is 161 Å².